The molecule has 5 heteroatoms. The molecule has 0 unspecified atom stereocenters. The average molecular weight is 358 g/mol. The molecule has 0 saturated heterocycles. The third-order valence-electron chi connectivity index (χ3n) is 1.96. The molecule has 0 aliphatic rings. The number of nitrogens with zero attached hydrogens (tertiary/aromatic N) is 2. The fourth-order valence-electron chi connectivity index (χ4n) is 1.23. The Kier molecular flexibility index (Phi) is 4.33. The van der Waals surface area contributed by atoms with Crippen LogP contribution in [-0.4, -0.2) is 11.2 Å². The summed E-state index contributed by atoms with van der Waals surface area (Å²) >= 11 is 8.02. The molecule has 0 fully saturated rings. The van der Waals surface area contributed by atoms with Crippen LogP contribution in [0.2, 0.25) is 5.15 Å². The summed E-state index contributed by atoms with van der Waals surface area (Å²) in [6, 6.07) is 13.4. The van der Waals surface area contributed by atoms with Gasteiger partial charge in [0.2, 0.25) is 0 Å². The van der Waals surface area contributed by atoms with Gasteiger partial charge in [-0.05, 0) is 52.4 Å². The lowest BCUT2D eigenvalue weighted by molar-refractivity contribution is 1.23. The van der Waals surface area contributed by atoms with Gasteiger partial charge >= 0.3 is 0 Å². The molecule has 0 bridgehead atoms. The van der Waals surface area contributed by atoms with Crippen LogP contribution >= 0.6 is 34.2 Å². The van der Waals surface area contributed by atoms with Crippen molar-refractivity contribution in [2.45, 2.75) is 0 Å². The first kappa shape index (κ1) is 12.3. The summed E-state index contributed by atoms with van der Waals surface area (Å²) in [4.78, 5) is 4.06. The van der Waals surface area contributed by atoms with Crippen molar-refractivity contribution in [1.82, 2.24) is 4.98 Å². The molecule has 0 spiro atoms. The first-order chi connectivity index (χ1) is 8.24. The van der Waals surface area contributed by atoms with Crippen molar-refractivity contribution in [2.75, 3.05) is 5.43 Å². The predicted molar refractivity (Wildman–Crippen MR) is 79.6 cm³/mol. The summed E-state index contributed by atoms with van der Waals surface area (Å²) in [5.74, 6) is 0.624. The molecule has 1 N–H and O–H groups in total. The van der Waals surface area contributed by atoms with Crippen LogP contribution in [0.4, 0.5) is 5.82 Å². The number of halogens is 2. The number of hydrogen-bond donors (Lipinski definition) is 1. The van der Waals surface area contributed by atoms with Crippen LogP contribution in [0.1, 0.15) is 5.56 Å². The number of benzene rings is 1. The number of hydrazone groups is 1. The smallest absolute Gasteiger partial charge is 0.147 e. The standard InChI is InChI=1S/C12H9ClIN3/c13-11-5-2-6-12(16-11)17-15-8-9-3-1-4-10(14)7-9/h1-8H,(H,16,17). The second kappa shape index (κ2) is 5.97. The molecule has 1 aromatic heterocycles. The summed E-state index contributed by atoms with van der Waals surface area (Å²) in [5, 5.41) is 4.54. The van der Waals surface area contributed by atoms with E-state index >= 15 is 0 Å². The SMILES string of the molecule is Clc1cccc(NN=Cc2cccc(I)c2)n1. The zero-order valence-electron chi connectivity index (χ0n) is 8.77. The van der Waals surface area contributed by atoms with E-state index in [-0.39, 0.29) is 0 Å². The molecule has 86 valence electrons. The van der Waals surface area contributed by atoms with E-state index in [2.05, 4.69) is 38.1 Å². The molecule has 0 aliphatic heterocycles. The summed E-state index contributed by atoms with van der Waals surface area (Å²) in [5.41, 5.74) is 3.86. The largest absolute Gasteiger partial charge is 0.261 e. The van der Waals surface area contributed by atoms with Crippen molar-refractivity contribution in [3.63, 3.8) is 0 Å². The summed E-state index contributed by atoms with van der Waals surface area (Å²) in [7, 11) is 0. The summed E-state index contributed by atoms with van der Waals surface area (Å²) in [6.45, 7) is 0. The molecule has 17 heavy (non-hydrogen) atoms. The van der Waals surface area contributed by atoms with Gasteiger partial charge in [0.05, 0.1) is 6.21 Å². The quantitative estimate of drug-likeness (QED) is 0.393. The lowest BCUT2D eigenvalue weighted by Crippen LogP contribution is -1.93. The van der Waals surface area contributed by atoms with E-state index in [1.807, 2.05) is 30.3 Å². The first-order valence-electron chi connectivity index (χ1n) is 4.91. The first-order valence-corrected chi connectivity index (χ1v) is 6.37. The lowest BCUT2D eigenvalue weighted by atomic mass is 10.2. The molecule has 3 nitrogen and oxygen atoms in total. The van der Waals surface area contributed by atoms with Crippen LogP contribution in [0.5, 0.6) is 0 Å². The molecular formula is C12H9ClIN3. The Labute approximate surface area is 118 Å². The maximum absolute atomic E-state index is 5.76. The highest BCUT2D eigenvalue weighted by Gasteiger charge is 1.92. The van der Waals surface area contributed by atoms with Crippen molar-refractivity contribution in [3.8, 4) is 0 Å². The van der Waals surface area contributed by atoms with Gasteiger partial charge in [0.1, 0.15) is 11.0 Å². The number of pyridine rings is 1. The second-order valence-corrected chi connectivity index (χ2v) is 4.90. The molecule has 0 radical (unpaired) electrons. The number of anilines is 1. The average Bonchev–Trinajstić information content (AvgIpc) is 2.29. The van der Waals surface area contributed by atoms with E-state index in [0.717, 1.165) is 5.56 Å². The van der Waals surface area contributed by atoms with Crippen LogP contribution in [0.25, 0.3) is 0 Å². The van der Waals surface area contributed by atoms with Gasteiger partial charge in [0, 0.05) is 3.57 Å². The molecule has 2 rings (SSSR count). The third kappa shape index (κ3) is 3.98. The van der Waals surface area contributed by atoms with Crippen molar-refractivity contribution in [3.05, 3.63) is 56.8 Å². The topological polar surface area (TPSA) is 37.3 Å². The summed E-state index contributed by atoms with van der Waals surface area (Å²) < 4.78 is 1.17. The van der Waals surface area contributed by atoms with Crippen LogP contribution in [0.15, 0.2) is 47.6 Å². The predicted octanol–water partition coefficient (Wildman–Crippen LogP) is 3.79. The fraction of sp³-hybridized carbons (Fsp3) is 0. The van der Waals surface area contributed by atoms with Crippen molar-refractivity contribution in [1.29, 1.82) is 0 Å². The van der Waals surface area contributed by atoms with Gasteiger partial charge in [-0.15, -0.1) is 0 Å². The highest BCUT2D eigenvalue weighted by atomic mass is 127. The monoisotopic (exact) mass is 357 g/mol. The number of aromatic nitrogens is 1. The maximum atomic E-state index is 5.76. The molecule has 1 aromatic carbocycles. The molecule has 0 aliphatic carbocycles. The fourth-order valence-corrected chi connectivity index (χ4v) is 1.96. The highest BCUT2D eigenvalue weighted by Crippen LogP contribution is 2.09. The van der Waals surface area contributed by atoms with Gasteiger partial charge in [-0.1, -0.05) is 29.8 Å². The van der Waals surface area contributed by atoms with Crippen LogP contribution in [-0.2, 0) is 0 Å². The van der Waals surface area contributed by atoms with E-state index in [1.165, 1.54) is 3.57 Å². The number of hydrogen-bond acceptors (Lipinski definition) is 3. The van der Waals surface area contributed by atoms with Gasteiger partial charge in [-0.3, -0.25) is 5.43 Å². The lowest BCUT2D eigenvalue weighted by Gasteiger charge is -1.99. The normalized spacial score (nSPS) is 10.7. The number of rotatable bonds is 3. The molecule has 2 aromatic rings. The minimum atomic E-state index is 0.444. The van der Waals surface area contributed by atoms with Crippen LogP contribution < -0.4 is 5.43 Å². The van der Waals surface area contributed by atoms with Gasteiger partial charge in [0.15, 0.2) is 0 Å². The molecule has 0 atom stereocenters. The molecule has 0 amide bonds. The molecular weight excluding hydrogens is 349 g/mol. The minimum absolute atomic E-state index is 0.444. The van der Waals surface area contributed by atoms with Crippen molar-refractivity contribution < 1.29 is 0 Å². The number of nitrogens with one attached hydrogen (secondary N) is 1. The Bertz CT molecular complexity index is 543. The zero-order valence-corrected chi connectivity index (χ0v) is 11.7. The Hall–Kier alpha value is -1.14. The maximum Gasteiger partial charge on any atom is 0.147 e. The van der Waals surface area contributed by atoms with Gasteiger partial charge < -0.3 is 0 Å². The van der Waals surface area contributed by atoms with E-state index < -0.39 is 0 Å². The van der Waals surface area contributed by atoms with E-state index in [9.17, 15) is 0 Å². The Morgan fingerprint density at radius 1 is 1.24 bits per heavy atom. The van der Waals surface area contributed by atoms with E-state index in [1.54, 1.807) is 18.3 Å². The van der Waals surface area contributed by atoms with E-state index in [4.69, 9.17) is 11.6 Å². The Balaban J connectivity index is 2.03. The minimum Gasteiger partial charge on any atom is -0.261 e. The third-order valence-corrected chi connectivity index (χ3v) is 2.84. The second-order valence-electron chi connectivity index (χ2n) is 3.27. The summed E-state index contributed by atoms with van der Waals surface area (Å²) in [6.07, 6.45) is 1.74. The van der Waals surface area contributed by atoms with Crippen molar-refractivity contribution >= 4 is 46.2 Å². The van der Waals surface area contributed by atoms with Crippen LogP contribution in [0.3, 0.4) is 0 Å². The molecule has 1 heterocycles. The zero-order chi connectivity index (χ0) is 12.1. The van der Waals surface area contributed by atoms with Gasteiger partial charge in [0.25, 0.3) is 0 Å². The van der Waals surface area contributed by atoms with Crippen LogP contribution in [0, 0.1) is 3.57 Å². The van der Waals surface area contributed by atoms with Crippen molar-refractivity contribution in [2.24, 2.45) is 5.10 Å². The highest BCUT2D eigenvalue weighted by molar-refractivity contribution is 14.1. The van der Waals surface area contributed by atoms with Gasteiger partial charge in [-0.2, -0.15) is 5.10 Å². The Morgan fingerprint density at radius 3 is 2.82 bits per heavy atom. The molecule has 0 saturated carbocycles. The Morgan fingerprint density at radius 2 is 2.06 bits per heavy atom. The van der Waals surface area contributed by atoms with E-state index in [0.29, 0.717) is 11.0 Å². The van der Waals surface area contributed by atoms with Gasteiger partial charge in [-0.25, -0.2) is 4.98 Å².